The highest BCUT2D eigenvalue weighted by atomic mass is 35.5. The number of anilines is 1. The normalized spacial score (nSPS) is 17.6. The quantitative estimate of drug-likeness (QED) is 0.757. The van der Waals surface area contributed by atoms with Gasteiger partial charge in [0.1, 0.15) is 11.3 Å². The number of phenols is 1. The van der Waals surface area contributed by atoms with Gasteiger partial charge in [0, 0.05) is 5.69 Å². The Morgan fingerprint density at radius 1 is 1.47 bits per heavy atom. The van der Waals surface area contributed by atoms with E-state index in [-0.39, 0.29) is 5.75 Å². The van der Waals surface area contributed by atoms with Crippen molar-refractivity contribution in [1.29, 1.82) is 5.26 Å². The second-order valence-corrected chi connectivity index (χ2v) is 4.25. The van der Waals surface area contributed by atoms with Gasteiger partial charge in [-0.1, -0.05) is 11.6 Å². The molecule has 1 aliphatic carbocycles. The summed E-state index contributed by atoms with van der Waals surface area (Å²) in [5.74, 6) is 0.0573. The number of aromatic hydroxyl groups is 1. The van der Waals surface area contributed by atoms with Crippen molar-refractivity contribution in [2.45, 2.75) is 24.8 Å². The summed E-state index contributed by atoms with van der Waals surface area (Å²) >= 11 is 5.77. The van der Waals surface area contributed by atoms with Crippen LogP contribution in [-0.4, -0.2) is 10.6 Å². The van der Waals surface area contributed by atoms with Crippen molar-refractivity contribution in [3.05, 3.63) is 23.2 Å². The molecule has 0 saturated heterocycles. The average Bonchev–Trinajstić information content (AvgIpc) is 2.17. The van der Waals surface area contributed by atoms with Gasteiger partial charge in [-0.2, -0.15) is 5.26 Å². The molecular formula is C11H11ClN2O. The lowest BCUT2D eigenvalue weighted by Gasteiger charge is -2.36. The standard InChI is InChI=1S/C11H11ClN2O/c12-9-6-8(2-3-10(9)15)14-11(7-13)4-1-5-11/h2-3,6,14-15H,1,4-5H2. The van der Waals surface area contributed by atoms with Gasteiger partial charge in [0.05, 0.1) is 11.1 Å². The van der Waals surface area contributed by atoms with Crippen LogP contribution in [0.3, 0.4) is 0 Å². The molecule has 4 heteroatoms. The number of halogens is 1. The molecule has 0 atom stereocenters. The maximum atomic E-state index is 9.25. The number of hydrogen-bond donors (Lipinski definition) is 2. The minimum atomic E-state index is -0.430. The van der Waals surface area contributed by atoms with E-state index in [9.17, 15) is 5.11 Å². The van der Waals surface area contributed by atoms with Crippen LogP contribution in [0.5, 0.6) is 5.75 Å². The van der Waals surface area contributed by atoms with Crippen molar-refractivity contribution in [2.75, 3.05) is 5.32 Å². The van der Waals surface area contributed by atoms with Crippen molar-refractivity contribution in [3.63, 3.8) is 0 Å². The fourth-order valence-electron chi connectivity index (χ4n) is 1.66. The van der Waals surface area contributed by atoms with Crippen LogP contribution in [0.1, 0.15) is 19.3 Å². The van der Waals surface area contributed by atoms with E-state index >= 15 is 0 Å². The first-order valence-corrected chi connectivity index (χ1v) is 5.21. The Morgan fingerprint density at radius 2 is 2.20 bits per heavy atom. The summed E-state index contributed by atoms with van der Waals surface area (Å²) in [5, 5.41) is 21.7. The van der Waals surface area contributed by atoms with Gasteiger partial charge < -0.3 is 10.4 Å². The first-order chi connectivity index (χ1) is 7.15. The highest BCUT2D eigenvalue weighted by molar-refractivity contribution is 6.32. The maximum Gasteiger partial charge on any atom is 0.134 e. The van der Waals surface area contributed by atoms with E-state index in [1.54, 1.807) is 12.1 Å². The van der Waals surface area contributed by atoms with Gasteiger partial charge in [-0.3, -0.25) is 0 Å². The van der Waals surface area contributed by atoms with Crippen LogP contribution < -0.4 is 5.32 Å². The van der Waals surface area contributed by atoms with Crippen LogP contribution in [0.2, 0.25) is 5.02 Å². The zero-order valence-corrected chi connectivity index (χ0v) is 8.88. The monoisotopic (exact) mass is 222 g/mol. The summed E-state index contributed by atoms with van der Waals surface area (Å²) < 4.78 is 0. The highest BCUT2D eigenvalue weighted by Crippen LogP contribution is 2.36. The van der Waals surface area contributed by atoms with Crippen molar-refractivity contribution < 1.29 is 5.11 Å². The molecule has 2 rings (SSSR count). The van der Waals surface area contributed by atoms with Crippen LogP contribution >= 0.6 is 11.6 Å². The fraction of sp³-hybridized carbons (Fsp3) is 0.364. The summed E-state index contributed by atoms with van der Waals surface area (Å²) in [6.45, 7) is 0. The Morgan fingerprint density at radius 3 is 2.67 bits per heavy atom. The predicted octanol–water partition coefficient (Wildman–Crippen LogP) is 2.90. The summed E-state index contributed by atoms with van der Waals surface area (Å²) in [6, 6.07) is 7.16. The molecule has 1 aliphatic rings. The van der Waals surface area contributed by atoms with E-state index in [0.29, 0.717) is 5.02 Å². The Bertz CT molecular complexity index is 421. The van der Waals surface area contributed by atoms with Crippen molar-refractivity contribution in [3.8, 4) is 11.8 Å². The smallest absolute Gasteiger partial charge is 0.134 e. The molecule has 78 valence electrons. The number of benzene rings is 1. The molecule has 0 heterocycles. The zero-order valence-electron chi connectivity index (χ0n) is 8.13. The van der Waals surface area contributed by atoms with Gasteiger partial charge in [-0.25, -0.2) is 0 Å². The number of hydrogen-bond acceptors (Lipinski definition) is 3. The van der Waals surface area contributed by atoms with E-state index in [1.165, 1.54) is 6.07 Å². The van der Waals surface area contributed by atoms with Crippen molar-refractivity contribution >= 4 is 17.3 Å². The van der Waals surface area contributed by atoms with Gasteiger partial charge in [0.25, 0.3) is 0 Å². The van der Waals surface area contributed by atoms with E-state index < -0.39 is 5.54 Å². The first-order valence-electron chi connectivity index (χ1n) is 4.83. The summed E-state index contributed by atoms with van der Waals surface area (Å²) in [5.41, 5.74) is 0.347. The largest absolute Gasteiger partial charge is 0.506 e. The summed E-state index contributed by atoms with van der Waals surface area (Å²) in [6.07, 6.45) is 2.80. The minimum Gasteiger partial charge on any atom is -0.506 e. The van der Waals surface area contributed by atoms with Crippen LogP contribution in [-0.2, 0) is 0 Å². The average molecular weight is 223 g/mol. The molecule has 0 amide bonds. The lowest BCUT2D eigenvalue weighted by molar-refractivity contribution is 0.356. The van der Waals surface area contributed by atoms with Gasteiger partial charge in [0.15, 0.2) is 0 Å². The number of nitrogens with one attached hydrogen (secondary N) is 1. The van der Waals surface area contributed by atoms with Crippen LogP contribution in [0.15, 0.2) is 18.2 Å². The van der Waals surface area contributed by atoms with Gasteiger partial charge >= 0.3 is 0 Å². The Hall–Kier alpha value is -1.40. The molecule has 0 bridgehead atoms. The van der Waals surface area contributed by atoms with Crippen molar-refractivity contribution in [1.82, 2.24) is 0 Å². The number of rotatable bonds is 2. The molecule has 0 unspecified atom stereocenters. The first kappa shape index (κ1) is 10.1. The molecule has 15 heavy (non-hydrogen) atoms. The van der Waals surface area contributed by atoms with E-state index in [4.69, 9.17) is 16.9 Å². The van der Waals surface area contributed by atoms with E-state index in [1.807, 2.05) is 0 Å². The molecule has 1 saturated carbocycles. The molecule has 0 aliphatic heterocycles. The number of nitrogens with zero attached hydrogens (tertiary/aromatic N) is 1. The highest BCUT2D eigenvalue weighted by Gasteiger charge is 2.37. The molecule has 1 fully saturated rings. The van der Waals surface area contributed by atoms with Crippen LogP contribution in [0.4, 0.5) is 5.69 Å². The Balaban J connectivity index is 2.18. The third-order valence-corrected chi connectivity index (χ3v) is 3.06. The lowest BCUT2D eigenvalue weighted by Crippen LogP contribution is -2.43. The summed E-state index contributed by atoms with van der Waals surface area (Å²) in [4.78, 5) is 0. The lowest BCUT2D eigenvalue weighted by atomic mass is 9.78. The summed E-state index contributed by atoms with van der Waals surface area (Å²) in [7, 11) is 0. The fourth-order valence-corrected chi connectivity index (χ4v) is 1.84. The third kappa shape index (κ3) is 1.86. The minimum absolute atomic E-state index is 0.0573. The number of phenolic OH excluding ortho intramolecular Hbond substituents is 1. The third-order valence-electron chi connectivity index (χ3n) is 2.75. The van der Waals surface area contributed by atoms with Crippen LogP contribution in [0, 0.1) is 11.3 Å². The van der Waals surface area contributed by atoms with Gasteiger partial charge in [0.2, 0.25) is 0 Å². The Kier molecular flexibility index (Phi) is 2.45. The predicted molar refractivity (Wildman–Crippen MR) is 58.9 cm³/mol. The topological polar surface area (TPSA) is 56.0 Å². The molecule has 1 aromatic carbocycles. The van der Waals surface area contributed by atoms with E-state index in [0.717, 1.165) is 24.9 Å². The van der Waals surface area contributed by atoms with E-state index in [2.05, 4.69) is 11.4 Å². The molecular weight excluding hydrogens is 212 g/mol. The van der Waals surface area contributed by atoms with Crippen molar-refractivity contribution in [2.24, 2.45) is 0 Å². The molecule has 0 aromatic heterocycles. The van der Waals surface area contributed by atoms with Crippen LogP contribution in [0.25, 0.3) is 0 Å². The molecule has 2 N–H and O–H groups in total. The van der Waals surface area contributed by atoms with Gasteiger partial charge in [-0.05, 0) is 37.5 Å². The molecule has 1 aromatic rings. The molecule has 0 spiro atoms. The second kappa shape index (κ2) is 3.63. The number of nitriles is 1. The SMILES string of the molecule is N#CC1(Nc2ccc(O)c(Cl)c2)CCC1. The molecule has 3 nitrogen and oxygen atoms in total. The Labute approximate surface area is 93.3 Å². The maximum absolute atomic E-state index is 9.25. The second-order valence-electron chi connectivity index (χ2n) is 3.84. The molecule has 0 radical (unpaired) electrons. The zero-order chi connectivity index (χ0) is 10.9. The van der Waals surface area contributed by atoms with Gasteiger partial charge in [-0.15, -0.1) is 0 Å².